The van der Waals surface area contributed by atoms with E-state index in [0.717, 1.165) is 11.5 Å². The van der Waals surface area contributed by atoms with Crippen molar-refractivity contribution in [2.24, 2.45) is 5.84 Å². The molecule has 0 aromatic carbocycles. The number of fused-ring (bicyclic) bond motifs is 1. The van der Waals surface area contributed by atoms with Gasteiger partial charge in [-0.2, -0.15) is 0 Å². The van der Waals surface area contributed by atoms with E-state index in [1.807, 2.05) is 10.6 Å². The first-order valence-corrected chi connectivity index (χ1v) is 4.93. The minimum Gasteiger partial charge on any atom is -0.364 e. The third-order valence-electron chi connectivity index (χ3n) is 2.44. The van der Waals surface area contributed by atoms with Crippen LogP contribution in [0.4, 0.5) is 11.6 Å². The van der Waals surface area contributed by atoms with Crippen LogP contribution in [0.2, 0.25) is 0 Å². The molecule has 15 heavy (non-hydrogen) atoms. The Morgan fingerprint density at radius 2 is 2.33 bits per heavy atom. The van der Waals surface area contributed by atoms with E-state index in [1.54, 1.807) is 12.4 Å². The normalized spacial score (nSPS) is 15.5. The molecule has 0 aliphatic heterocycles. The van der Waals surface area contributed by atoms with E-state index >= 15 is 0 Å². The Bertz CT molecular complexity index is 486. The molecule has 0 saturated heterocycles. The van der Waals surface area contributed by atoms with E-state index in [1.165, 1.54) is 12.8 Å². The number of hydrogen-bond acceptors (Lipinski definition) is 5. The lowest BCUT2D eigenvalue weighted by Gasteiger charge is -2.07. The fourth-order valence-corrected chi connectivity index (χ4v) is 1.52. The third-order valence-corrected chi connectivity index (χ3v) is 2.44. The molecular weight excluding hydrogens is 192 g/mol. The van der Waals surface area contributed by atoms with Crippen LogP contribution in [0.3, 0.4) is 0 Å². The highest BCUT2D eigenvalue weighted by molar-refractivity contribution is 5.65. The van der Waals surface area contributed by atoms with Crippen LogP contribution < -0.4 is 16.6 Å². The number of nitrogens with zero attached hydrogens (tertiary/aromatic N) is 3. The number of hydrazine groups is 1. The Morgan fingerprint density at radius 1 is 1.47 bits per heavy atom. The van der Waals surface area contributed by atoms with Crippen LogP contribution in [0.15, 0.2) is 18.6 Å². The monoisotopic (exact) mass is 204 g/mol. The van der Waals surface area contributed by atoms with Gasteiger partial charge in [-0.3, -0.25) is 0 Å². The maximum absolute atomic E-state index is 5.35. The molecule has 0 radical (unpaired) electrons. The third kappa shape index (κ3) is 1.48. The molecule has 0 unspecified atom stereocenters. The fraction of sp³-hybridized carbons (Fsp3) is 0.333. The number of imidazole rings is 1. The van der Waals surface area contributed by atoms with Gasteiger partial charge in [0.2, 0.25) is 0 Å². The fourth-order valence-electron chi connectivity index (χ4n) is 1.52. The van der Waals surface area contributed by atoms with Crippen LogP contribution in [0.5, 0.6) is 0 Å². The predicted molar refractivity (Wildman–Crippen MR) is 57.4 cm³/mol. The van der Waals surface area contributed by atoms with Crippen molar-refractivity contribution >= 4 is 17.3 Å². The lowest BCUT2D eigenvalue weighted by molar-refractivity contribution is 1.06. The highest BCUT2D eigenvalue weighted by Crippen LogP contribution is 2.26. The van der Waals surface area contributed by atoms with Crippen LogP contribution in [0.1, 0.15) is 12.8 Å². The molecule has 0 atom stereocenters. The highest BCUT2D eigenvalue weighted by Gasteiger charge is 2.22. The van der Waals surface area contributed by atoms with Crippen molar-refractivity contribution in [2.45, 2.75) is 18.9 Å². The van der Waals surface area contributed by atoms with Gasteiger partial charge in [0.15, 0.2) is 17.3 Å². The van der Waals surface area contributed by atoms with Crippen molar-refractivity contribution in [3.8, 4) is 0 Å². The van der Waals surface area contributed by atoms with Gasteiger partial charge < -0.3 is 15.1 Å². The first-order chi connectivity index (χ1) is 7.36. The summed E-state index contributed by atoms with van der Waals surface area (Å²) in [5.41, 5.74) is 3.38. The van der Waals surface area contributed by atoms with Crippen molar-refractivity contribution in [3.63, 3.8) is 0 Å². The summed E-state index contributed by atoms with van der Waals surface area (Å²) in [6.45, 7) is 0. The zero-order valence-electron chi connectivity index (χ0n) is 8.14. The first-order valence-electron chi connectivity index (χ1n) is 4.93. The van der Waals surface area contributed by atoms with Gasteiger partial charge in [-0.1, -0.05) is 0 Å². The van der Waals surface area contributed by atoms with Gasteiger partial charge in [-0.15, -0.1) is 0 Å². The van der Waals surface area contributed by atoms with E-state index in [-0.39, 0.29) is 0 Å². The standard InChI is InChI=1S/C9H12N6/c10-14-7-5-15-4-3-11-9(15)8(13-7)12-6-1-2-6/h3-6,14H,1-2,10H2,(H,12,13). The number of rotatable bonds is 3. The minimum atomic E-state index is 0.547. The second-order valence-corrected chi connectivity index (χ2v) is 3.70. The predicted octanol–water partition coefficient (Wildman–Crippen LogP) is 0.589. The number of nitrogen functional groups attached to an aromatic ring is 1. The molecule has 1 aliphatic rings. The molecule has 78 valence electrons. The van der Waals surface area contributed by atoms with Crippen molar-refractivity contribution < 1.29 is 0 Å². The number of hydrogen-bond donors (Lipinski definition) is 3. The van der Waals surface area contributed by atoms with E-state index in [0.29, 0.717) is 11.9 Å². The summed E-state index contributed by atoms with van der Waals surface area (Å²) in [5.74, 6) is 6.77. The van der Waals surface area contributed by atoms with Crippen molar-refractivity contribution in [1.29, 1.82) is 0 Å². The van der Waals surface area contributed by atoms with E-state index in [4.69, 9.17) is 5.84 Å². The van der Waals surface area contributed by atoms with Crippen LogP contribution in [-0.2, 0) is 0 Å². The summed E-state index contributed by atoms with van der Waals surface area (Å²) in [5, 5.41) is 3.33. The maximum atomic E-state index is 5.35. The molecule has 1 aliphatic carbocycles. The van der Waals surface area contributed by atoms with Gasteiger partial charge in [0, 0.05) is 18.4 Å². The van der Waals surface area contributed by atoms with Gasteiger partial charge in [0.25, 0.3) is 0 Å². The molecule has 4 N–H and O–H groups in total. The molecule has 3 rings (SSSR count). The Balaban J connectivity index is 2.09. The van der Waals surface area contributed by atoms with E-state index < -0.39 is 0 Å². The summed E-state index contributed by atoms with van der Waals surface area (Å²) in [7, 11) is 0. The van der Waals surface area contributed by atoms with Gasteiger partial charge in [-0.25, -0.2) is 15.8 Å². The highest BCUT2D eigenvalue weighted by atomic mass is 15.3. The number of nitrogens with one attached hydrogen (secondary N) is 2. The molecule has 6 nitrogen and oxygen atoms in total. The van der Waals surface area contributed by atoms with Crippen molar-refractivity contribution in [1.82, 2.24) is 14.4 Å². The average molecular weight is 204 g/mol. The van der Waals surface area contributed by atoms with Crippen molar-refractivity contribution in [2.75, 3.05) is 10.7 Å². The van der Waals surface area contributed by atoms with Crippen LogP contribution in [0, 0.1) is 0 Å². The quantitative estimate of drug-likeness (QED) is 0.503. The number of nitrogens with two attached hydrogens (primary N) is 1. The first kappa shape index (κ1) is 8.49. The molecule has 0 bridgehead atoms. The number of anilines is 2. The molecule has 2 aromatic rings. The van der Waals surface area contributed by atoms with E-state index in [2.05, 4.69) is 20.7 Å². The number of aromatic nitrogens is 3. The van der Waals surface area contributed by atoms with Crippen LogP contribution in [0.25, 0.3) is 5.65 Å². The summed E-state index contributed by atoms with van der Waals surface area (Å²) in [6, 6.07) is 0.547. The Morgan fingerprint density at radius 3 is 3.07 bits per heavy atom. The minimum absolute atomic E-state index is 0.547. The largest absolute Gasteiger partial charge is 0.364 e. The Labute approximate surface area is 86.5 Å². The van der Waals surface area contributed by atoms with Gasteiger partial charge >= 0.3 is 0 Å². The lowest BCUT2D eigenvalue weighted by Crippen LogP contribution is -2.12. The Kier molecular flexibility index (Phi) is 1.75. The van der Waals surface area contributed by atoms with Gasteiger partial charge in [0.1, 0.15) is 0 Å². The lowest BCUT2D eigenvalue weighted by atomic mass is 10.5. The molecular formula is C9H12N6. The molecule has 1 saturated carbocycles. The molecule has 6 heteroatoms. The zero-order chi connectivity index (χ0) is 10.3. The molecule has 2 aromatic heterocycles. The summed E-state index contributed by atoms with van der Waals surface area (Å²) in [6.07, 6.45) is 7.83. The zero-order valence-corrected chi connectivity index (χ0v) is 8.14. The molecule has 2 heterocycles. The van der Waals surface area contributed by atoms with E-state index in [9.17, 15) is 0 Å². The average Bonchev–Trinajstić information content (AvgIpc) is 2.93. The smallest absolute Gasteiger partial charge is 0.180 e. The molecule has 0 amide bonds. The SMILES string of the molecule is NNc1cn2ccnc2c(NC2CC2)n1. The maximum Gasteiger partial charge on any atom is 0.180 e. The van der Waals surface area contributed by atoms with Crippen molar-refractivity contribution in [3.05, 3.63) is 18.6 Å². The molecule has 1 fully saturated rings. The molecule has 0 spiro atoms. The van der Waals surface area contributed by atoms with Crippen LogP contribution >= 0.6 is 0 Å². The van der Waals surface area contributed by atoms with Gasteiger partial charge in [0.05, 0.1) is 6.20 Å². The van der Waals surface area contributed by atoms with Crippen LogP contribution in [-0.4, -0.2) is 20.4 Å². The topological polar surface area (TPSA) is 80.3 Å². The Hall–Kier alpha value is -1.82. The summed E-state index contributed by atoms with van der Waals surface area (Å²) in [4.78, 5) is 8.59. The summed E-state index contributed by atoms with van der Waals surface area (Å²) < 4.78 is 1.90. The summed E-state index contributed by atoms with van der Waals surface area (Å²) >= 11 is 0. The van der Waals surface area contributed by atoms with Gasteiger partial charge in [-0.05, 0) is 12.8 Å². The second kappa shape index (κ2) is 3.09. The second-order valence-electron chi connectivity index (χ2n) is 3.70.